The molecule has 0 radical (unpaired) electrons. The number of piperazine rings is 1. The molecule has 2 fully saturated rings. The Balaban J connectivity index is 1.35. The molecule has 0 saturated carbocycles. The summed E-state index contributed by atoms with van der Waals surface area (Å²) in [7, 11) is 2.12. The number of nitrogens with one attached hydrogen (secondary N) is 1. The number of aromatic nitrogens is 3. The number of fused-ring (bicyclic) bond motifs is 2. The van der Waals surface area contributed by atoms with Gasteiger partial charge in [0.1, 0.15) is 12.4 Å². The molecule has 1 N–H and O–H groups in total. The number of anilines is 2. The molecule has 2 unspecified atom stereocenters. The summed E-state index contributed by atoms with van der Waals surface area (Å²) < 4.78 is 20.1. The van der Waals surface area contributed by atoms with Crippen LogP contribution in [0.1, 0.15) is 41.6 Å². The monoisotopic (exact) mass is 586 g/mol. The molecule has 43 heavy (non-hydrogen) atoms. The van der Waals surface area contributed by atoms with Gasteiger partial charge in [0.2, 0.25) is 0 Å². The minimum absolute atomic E-state index is 0.0905. The molecule has 11 heteroatoms. The quantitative estimate of drug-likeness (QED) is 0.414. The third kappa shape index (κ3) is 5.52. The highest BCUT2D eigenvalue weighted by Gasteiger charge is 2.35. The first-order valence-corrected chi connectivity index (χ1v) is 15.1. The van der Waals surface area contributed by atoms with Crippen molar-refractivity contribution < 1.29 is 13.9 Å². The number of rotatable bonds is 7. The summed E-state index contributed by atoms with van der Waals surface area (Å²) >= 11 is 0. The second-order valence-corrected chi connectivity index (χ2v) is 12.0. The van der Waals surface area contributed by atoms with Gasteiger partial charge in [-0.15, -0.1) is 0 Å². The maximum absolute atomic E-state index is 13.8. The number of H-pyrrole nitrogens is 1. The Bertz CT molecular complexity index is 1600. The van der Waals surface area contributed by atoms with Crippen molar-refractivity contribution in [2.75, 3.05) is 56.2 Å². The van der Waals surface area contributed by atoms with Crippen LogP contribution in [0.2, 0.25) is 0 Å². The first-order chi connectivity index (χ1) is 20.7. The molecule has 3 aliphatic rings. The molecule has 1 aromatic carbocycles. The Morgan fingerprint density at radius 3 is 2.79 bits per heavy atom. The highest BCUT2D eigenvalue weighted by atomic mass is 19.1. The zero-order valence-corrected chi connectivity index (χ0v) is 25.2. The number of ether oxygens (including phenoxy) is 1. The van der Waals surface area contributed by atoms with Crippen molar-refractivity contribution in [1.82, 2.24) is 24.8 Å². The zero-order chi connectivity index (χ0) is 30.2. The lowest BCUT2D eigenvalue weighted by Crippen LogP contribution is -2.55. The molecule has 3 aliphatic heterocycles. The fourth-order valence-electron chi connectivity index (χ4n) is 6.85. The summed E-state index contributed by atoms with van der Waals surface area (Å²) in [5, 5.41) is 10.7. The molecule has 2 saturated heterocycles. The second kappa shape index (κ2) is 11.8. The first-order valence-electron chi connectivity index (χ1n) is 15.1. The van der Waals surface area contributed by atoms with Gasteiger partial charge in [-0.05, 0) is 70.0 Å². The largest absolute Gasteiger partial charge is 0.462 e. The Morgan fingerprint density at radius 2 is 2.05 bits per heavy atom. The fraction of sp³-hybridized carbons (Fsp3) is 0.500. The van der Waals surface area contributed by atoms with Gasteiger partial charge in [-0.2, -0.15) is 15.2 Å². The van der Waals surface area contributed by atoms with E-state index in [-0.39, 0.29) is 13.0 Å². The van der Waals surface area contributed by atoms with E-state index in [1.807, 2.05) is 6.20 Å². The van der Waals surface area contributed by atoms with Gasteiger partial charge in [-0.1, -0.05) is 6.58 Å². The zero-order valence-electron chi connectivity index (χ0n) is 25.2. The van der Waals surface area contributed by atoms with Crippen molar-refractivity contribution in [3.8, 4) is 12.1 Å². The Labute approximate surface area is 251 Å². The SMILES string of the molecule is C=C(F)C(=O)N1CCN(c2nc(OCC3CCCN3C)nc3c2CCN(c2c(C)c(C)cc4[nH]ccc24)C3)CC1CC#N. The number of likely N-dealkylation sites (N-methyl/N-ethyl adjacent to an activating group) is 1. The third-order valence-corrected chi connectivity index (χ3v) is 9.36. The van der Waals surface area contributed by atoms with E-state index >= 15 is 0 Å². The second-order valence-electron chi connectivity index (χ2n) is 12.0. The van der Waals surface area contributed by atoms with Crippen molar-refractivity contribution in [2.24, 2.45) is 0 Å². The molecular weight excluding hydrogens is 547 g/mol. The van der Waals surface area contributed by atoms with E-state index in [4.69, 9.17) is 14.7 Å². The highest BCUT2D eigenvalue weighted by Crippen LogP contribution is 2.37. The van der Waals surface area contributed by atoms with E-state index in [1.165, 1.54) is 27.1 Å². The standard InChI is InChI=1S/C32H39FN8O2/c1-20-16-27-25(8-11-35-27)29(21(20)2)39-13-9-26-28(18-39)36-32(43-19-24-6-5-12-38(24)4)37-30(26)40-14-15-41(31(42)22(3)33)23(17-40)7-10-34/h8,11,16,23-24,35H,3,5-7,9,12-15,17-19H2,1-2,4H3. The summed E-state index contributed by atoms with van der Waals surface area (Å²) in [4.78, 5) is 34.0. The number of carbonyl (C=O) groups excluding carboxylic acids is 1. The number of nitrogens with zero attached hydrogens (tertiary/aromatic N) is 7. The summed E-state index contributed by atoms with van der Waals surface area (Å²) in [5.41, 5.74) is 6.79. The van der Waals surface area contributed by atoms with Crippen LogP contribution in [0.25, 0.3) is 10.9 Å². The number of aryl methyl sites for hydroxylation is 1. The number of halogens is 1. The predicted molar refractivity (Wildman–Crippen MR) is 164 cm³/mol. The molecule has 6 rings (SSSR count). The van der Waals surface area contributed by atoms with Crippen molar-refractivity contribution in [1.29, 1.82) is 5.26 Å². The van der Waals surface area contributed by atoms with E-state index in [9.17, 15) is 14.4 Å². The molecule has 226 valence electrons. The summed E-state index contributed by atoms with van der Waals surface area (Å²) in [6.07, 6.45) is 5.03. The molecule has 5 heterocycles. The minimum atomic E-state index is -1.01. The number of hydrogen-bond acceptors (Lipinski definition) is 8. The van der Waals surface area contributed by atoms with Gasteiger partial charge in [0.05, 0.1) is 30.8 Å². The number of amides is 1. The lowest BCUT2D eigenvalue weighted by Gasteiger charge is -2.42. The average Bonchev–Trinajstić information content (AvgIpc) is 3.63. The van der Waals surface area contributed by atoms with Gasteiger partial charge in [0.25, 0.3) is 5.91 Å². The van der Waals surface area contributed by atoms with Crippen LogP contribution in [-0.4, -0.2) is 89.1 Å². The lowest BCUT2D eigenvalue weighted by atomic mass is 9.99. The number of likely N-dealkylation sites (tertiary alicyclic amines) is 1. The van der Waals surface area contributed by atoms with Gasteiger partial charge < -0.3 is 29.3 Å². The van der Waals surface area contributed by atoms with Crippen LogP contribution in [-0.2, 0) is 17.8 Å². The minimum Gasteiger partial charge on any atom is -0.462 e. The fourth-order valence-corrected chi connectivity index (χ4v) is 6.85. The summed E-state index contributed by atoms with van der Waals surface area (Å²) in [5.74, 6) is -0.984. The van der Waals surface area contributed by atoms with Crippen LogP contribution in [0, 0.1) is 25.2 Å². The number of benzene rings is 1. The van der Waals surface area contributed by atoms with Crippen LogP contribution in [0.3, 0.4) is 0 Å². The average molecular weight is 587 g/mol. The number of nitriles is 1. The molecule has 2 aromatic heterocycles. The van der Waals surface area contributed by atoms with Crippen molar-refractivity contribution in [3.05, 3.63) is 53.1 Å². The van der Waals surface area contributed by atoms with Gasteiger partial charge in [0.15, 0.2) is 5.83 Å². The normalized spacial score (nSPS) is 20.8. The predicted octanol–water partition coefficient (Wildman–Crippen LogP) is 4.02. The summed E-state index contributed by atoms with van der Waals surface area (Å²) in [6, 6.07) is 6.68. The molecule has 0 bridgehead atoms. The summed E-state index contributed by atoms with van der Waals surface area (Å²) in [6.45, 7) is 11.6. The maximum atomic E-state index is 13.8. The van der Waals surface area contributed by atoms with Crippen LogP contribution < -0.4 is 14.5 Å². The molecular formula is C32H39FN8O2. The van der Waals surface area contributed by atoms with E-state index in [0.29, 0.717) is 38.3 Å². The number of aromatic amines is 1. The molecule has 0 aliphatic carbocycles. The number of carbonyl (C=O) groups is 1. The maximum Gasteiger partial charge on any atom is 0.318 e. The molecule has 3 aromatic rings. The van der Waals surface area contributed by atoms with Gasteiger partial charge in [-0.3, -0.25) is 4.79 Å². The van der Waals surface area contributed by atoms with Gasteiger partial charge in [-0.25, -0.2) is 4.39 Å². The van der Waals surface area contributed by atoms with E-state index in [0.717, 1.165) is 54.9 Å². The van der Waals surface area contributed by atoms with Gasteiger partial charge >= 0.3 is 6.01 Å². The molecule has 2 atom stereocenters. The number of hydrogen-bond donors (Lipinski definition) is 1. The van der Waals surface area contributed by atoms with Gasteiger partial charge in [0, 0.05) is 60.6 Å². The molecule has 1 amide bonds. The van der Waals surface area contributed by atoms with Crippen molar-refractivity contribution in [2.45, 2.75) is 58.2 Å². The smallest absolute Gasteiger partial charge is 0.318 e. The van der Waals surface area contributed by atoms with E-state index in [1.54, 1.807) is 0 Å². The third-order valence-electron chi connectivity index (χ3n) is 9.36. The van der Waals surface area contributed by atoms with E-state index < -0.39 is 17.8 Å². The van der Waals surface area contributed by atoms with Crippen LogP contribution in [0.4, 0.5) is 15.9 Å². The van der Waals surface area contributed by atoms with Crippen LogP contribution >= 0.6 is 0 Å². The Kier molecular flexibility index (Phi) is 7.97. The molecule has 10 nitrogen and oxygen atoms in total. The Morgan fingerprint density at radius 1 is 1.21 bits per heavy atom. The van der Waals surface area contributed by atoms with Crippen molar-refractivity contribution >= 4 is 28.3 Å². The lowest BCUT2D eigenvalue weighted by molar-refractivity contribution is -0.131. The van der Waals surface area contributed by atoms with Crippen molar-refractivity contribution in [3.63, 3.8) is 0 Å². The first kappa shape index (κ1) is 28.9. The highest BCUT2D eigenvalue weighted by molar-refractivity contribution is 5.95. The van der Waals surface area contributed by atoms with Crippen LogP contribution in [0.15, 0.2) is 30.7 Å². The topological polar surface area (TPSA) is 105 Å². The van der Waals surface area contributed by atoms with E-state index in [2.05, 4.69) is 65.4 Å². The molecule has 0 spiro atoms. The Hall–Kier alpha value is -4.17. The van der Waals surface area contributed by atoms with Crippen LogP contribution in [0.5, 0.6) is 6.01 Å².